The average Bonchev–Trinajstić information content (AvgIpc) is 2.73. The molecular weight excluding hydrogens is 332 g/mol. The minimum atomic E-state index is -3.82. The summed E-state index contributed by atoms with van der Waals surface area (Å²) in [5, 5.41) is 5.10. The van der Waals surface area contributed by atoms with Crippen molar-refractivity contribution >= 4 is 31.9 Å². The molecule has 1 aliphatic heterocycles. The molecule has 104 valence electrons. The number of carbonyl (C=O) groups excluding carboxylic acids is 1. The molecule has 2 rings (SSSR count). The number of hydrogen-bond acceptors (Lipinski definition) is 3. The quantitative estimate of drug-likeness (QED) is 0.882. The molecule has 1 fully saturated rings. The van der Waals surface area contributed by atoms with Gasteiger partial charge in [-0.15, -0.1) is 0 Å². The maximum absolute atomic E-state index is 12.3. The molecule has 1 aliphatic rings. The largest absolute Gasteiger partial charge is 0.338 e. The second-order valence-electron chi connectivity index (χ2n) is 4.87. The fourth-order valence-electron chi connectivity index (χ4n) is 2.15. The van der Waals surface area contributed by atoms with Crippen molar-refractivity contribution in [2.45, 2.75) is 18.2 Å². The van der Waals surface area contributed by atoms with Gasteiger partial charge in [-0.2, -0.15) is 0 Å². The maximum atomic E-state index is 12.3. The number of halogens is 1. The molecule has 1 aromatic carbocycles. The van der Waals surface area contributed by atoms with Gasteiger partial charge in [-0.25, -0.2) is 13.6 Å². The SMILES string of the molecule is CC1CCN(C(=O)c2cc(Br)cc(S(N)(=O)=O)c2)C1. The predicted octanol–water partition coefficient (Wildman–Crippen LogP) is 1.58. The highest BCUT2D eigenvalue weighted by Crippen LogP contribution is 2.22. The van der Waals surface area contributed by atoms with Crippen LogP contribution in [0.15, 0.2) is 27.6 Å². The Bertz CT molecular complexity index is 615. The van der Waals surface area contributed by atoms with Gasteiger partial charge in [0.25, 0.3) is 5.91 Å². The number of nitrogens with two attached hydrogens (primary N) is 1. The van der Waals surface area contributed by atoms with Crippen LogP contribution in [0, 0.1) is 5.92 Å². The molecule has 19 heavy (non-hydrogen) atoms. The van der Waals surface area contributed by atoms with Crippen LogP contribution in [-0.2, 0) is 10.0 Å². The van der Waals surface area contributed by atoms with Gasteiger partial charge in [0.1, 0.15) is 0 Å². The smallest absolute Gasteiger partial charge is 0.253 e. The number of benzene rings is 1. The lowest BCUT2D eigenvalue weighted by Gasteiger charge is -2.16. The van der Waals surface area contributed by atoms with Crippen molar-refractivity contribution in [3.8, 4) is 0 Å². The summed E-state index contributed by atoms with van der Waals surface area (Å²) in [5.41, 5.74) is 0.340. The summed E-state index contributed by atoms with van der Waals surface area (Å²) in [5.74, 6) is 0.323. The lowest BCUT2D eigenvalue weighted by atomic mass is 10.2. The Kier molecular flexibility index (Phi) is 3.98. The molecular formula is C12H15BrN2O3S. The van der Waals surface area contributed by atoms with E-state index in [-0.39, 0.29) is 10.8 Å². The van der Waals surface area contributed by atoms with Crippen LogP contribution in [0.1, 0.15) is 23.7 Å². The standard InChI is InChI=1S/C12H15BrN2O3S/c1-8-2-3-15(7-8)12(16)9-4-10(13)6-11(5-9)19(14,17)18/h4-6,8H,2-3,7H2,1H3,(H2,14,17,18). The summed E-state index contributed by atoms with van der Waals surface area (Å²) >= 11 is 3.20. The van der Waals surface area contributed by atoms with E-state index in [1.54, 1.807) is 11.0 Å². The molecule has 1 amide bonds. The number of sulfonamides is 1. The first-order chi connectivity index (χ1) is 8.77. The average molecular weight is 347 g/mol. The molecule has 7 heteroatoms. The van der Waals surface area contributed by atoms with E-state index in [1.807, 2.05) is 0 Å². The van der Waals surface area contributed by atoms with Crippen molar-refractivity contribution in [2.24, 2.45) is 11.1 Å². The number of nitrogens with zero attached hydrogens (tertiary/aromatic N) is 1. The highest BCUT2D eigenvalue weighted by Gasteiger charge is 2.25. The third-order valence-corrected chi connectivity index (χ3v) is 4.51. The molecule has 0 aromatic heterocycles. The Morgan fingerprint density at radius 3 is 2.63 bits per heavy atom. The van der Waals surface area contributed by atoms with Crippen molar-refractivity contribution in [3.05, 3.63) is 28.2 Å². The molecule has 0 radical (unpaired) electrons. The van der Waals surface area contributed by atoms with E-state index in [0.29, 0.717) is 29.0 Å². The van der Waals surface area contributed by atoms with E-state index in [2.05, 4.69) is 22.9 Å². The zero-order valence-corrected chi connectivity index (χ0v) is 12.9. The number of carbonyl (C=O) groups is 1. The number of likely N-dealkylation sites (tertiary alicyclic amines) is 1. The fourth-order valence-corrected chi connectivity index (χ4v) is 3.38. The molecule has 0 spiro atoms. The van der Waals surface area contributed by atoms with Crippen LogP contribution in [0.5, 0.6) is 0 Å². The lowest BCUT2D eigenvalue weighted by Crippen LogP contribution is -2.28. The zero-order valence-electron chi connectivity index (χ0n) is 10.5. The highest BCUT2D eigenvalue weighted by atomic mass is 79.9. The van der Waals surface area contributed by atoms with Gasteiger partial charge >= 0.3 is 0 Å². The first kappa shape index (κ1) is 14.5. The highest BCUT2D eigenvalue weighted by molar-refractivity contribution is 9.10. The first-order valence-corrected chi connectivity index (χ1v) is 8.24. The van der Waals surface area contributed by atoms with Crippen LogP contribution in [-0.4, -0.2) is 32.3 Å². The number of rotatable bonds is 2. The Morgan fingerprint density at radius 1 is 1.42 bits per heavy atom. The summed E-state index contributed by atoms with van der Waals surface area (Å²) in [6.45, 7) is 3.50. The number of hydrogen-bond donors (Lipinski definition) is 1. The molecule has 1 saturated heterocycles. The second-order valence-corrected chi connectivity index (χ2v) is 7.34. The molecule has 0 bridgehead atoms. The van der Waals surface area contributed by atoms with Gasteiger partial charge in [0.15, 0.2) is 0 Å². The fraction of sp³-hybridized carbons (Fsp3) is 0.417. The molecule has 5 nitrogen and oxygen atoms in total. The Balaban J connectivity index is 2.35. The molecule has 1 aromatic rings. The van der Waals surface area contributed by atoms with Crippen LogP contribution in [0.4, 0.5) is 0 Å². The lowest BCUT2D eigenvalue weighted by molar-refractivity contribution is 0.0788. The summed E-state index contributed by atoms with van der Waals surface area (Å²) < 4.78 is 23.3. The number of primary sulfonamides is 1. The van der Waals surface area contributed by atoms with Crippen LogP contribution in [0.25, 0.3) is 0 Å². The molecule has 1 atom stereocenters. The van der Waals surface area contributed by atoms with E-state index in [1.165, 1.54) is 12.1 Å². The van der Waals surface area contributed by atoms with E-state index in [0.717, 1.165) is 6.42 Å². The summed E-state index contributed by atoms with van der Waals surface area (Å²) in [6.07, 6.45) is 0.974. The summed E-state index contributed by atoms with van der Waals surface area (Å²) in [6, 6.07) is 4.32. The molecule has 0 saturated carbocycles. The van der Waals surface area contributed by atoms with E-state index in [9.17, 15) is 13.2 Å². The third kappa shape index (κ3) is 3.34. The van der Waals surface area contributed by atoms with Crippen molar-refractivity contribution in [1.82, 2.24) is 4.90 Å². The Hall–Kier alpha value is -0.920. The minimum Gasteiger partial charge on any atom is -0.338 e. The van der Waals surface area contributed by atoms with Gasteiger partial charge in [-0.3, -0.25) is 4.79 Å². The molecule has 1 heterocycles. The third-order valence-electron chi connectivity index (χ3n) is 3.16. The van der Waals surface area contributed by atoms with Crippen molar-refractivity contribution in [2.75, 3.05) is 13.1 Å². The summed E-state index contributed by atoms with van der Waals surface area (Å²) in [4.78, 5) is 14.0. The Labute approximate surface area is 121 Å². The predicted molar refractivity (Wildman–Crippen MR) is 75.2 cm³/mol. The first-order valence-electron chi connectivity index (χ1n) is 5.90. The van der Waals surface area contributed by atoms with Crippen LogP contribution >= 0.6 is 15.9 Å². The molecule has 0 aliphatic carbocycles. The van der Waals surface area contributed by atoms with E-state index >= 15 is 0 Å². The van der Waals surface area contributed by atoms with E-state index < -0.39 is 10.0 Å². The molecule has 1 unspecified atom stereocenters. The van der Waals surface area contributed by atoms with Crippen LogP contribution in [0.2, 0.25) is 0 Å². The minimum absolute atomic E-state index is 0.0579. The molecule has 2 N–H and O–H groups in total. The Morgan fingerprint density at radius 2 is 2.11 bits per heavy atom. The monoisotopic (exact) mass is 346 g/mol. The van der Waals surface area contributed by atoms with Crippen molar-refractivity contribution < 1.29 is 13.2 Å². The van der Waals surface area contributed by atoms with Crippen molar-refractivity contribution in [3.63, 3.8) is 0 Å². The topological polar surface area (TPSA) is 80.5 Å². The van der Waals surface area contributed by atoms with Crippen molar-refractivity contribution in [1.29, 1.82) is 0 Å². The number of amides is 1. The zero-order chi connectivity index (χ0) is 14.2. The second kappa shape index (κ2) is 5.22. The van der Waals surface area contributed by atoms with Gasteiger partial charge in [0, 0.05) is 23.1 Å². The summed E-state index contributed by atoms with van der Waals surface area (Å²) in [7, 11) is -3.82. The van der Waals surface area contributed by atoms with Crippen LogP contribution in [0.3, 0.4) is 0 Å². The van der Waals surface area contributed by atoms with Crippen LogP contribution < -0.4 is 5.14 Å². The van der Waals surface area contributed by atoms with Gasteiger partial charge in [-0.05, 0) is 30.5 Å². The van der Waals surface area contributed by atoms with Gasteiger partial charge < -0.3 is 4.90 Å². The van der Waals surface area contributed by atoms with Gasteiger partial charge in [0.05, 0.1) is 4.90 Å². The van der Waals surface area contributed by atoms with Gasteiger partial charge in [-0.1, -0.05) is 22.9 Å². The maximum Gasteiger partial charge on any atom is 0.253 e. The normalized spacial score (nSPS) is 19.7. The van der Waals surface area contributed by atoms with Gasteiger partial charge in [0.2, 0.25) is 10.0 Å². The van der Waals surface area contributed by atoms with E-state index in [4.69, 9.17) is 5.14 Å².